The molecule has 0 unspecified atom stereocenters. The Bertz CT molecular complexity index is 1150. The lowest BCUT2D eigenvalue weighted by molar-refractivity contribution is 0.102. The Morgan fingerprint density at radius 2 is 1.75 bits per heavy atom. The predicted octanol–water partition coefficient (Wildman–Crippen LogP) is 6.37. The van der Waals surface area contributed by atoms with Gasteiger partial charge in [-0.25, -0.2) is 4.98 Å². The average Bonchev–Trinajstić information content (AvgIpc) is 2.73. The number of hydrogen-bond acceptors (Lipinski definition) is 2. The van der Waals surface area contributed by atoms with Gasteiger partial charge in [-0.15, -0.1) is 0 Å². The number of aryl methyl sites for hydroxylation is 1. The highest BCUT2D eigenvalue weighted by molar-refractivity contribution is 6.31. The third-order valence-corrected chi connectivity index (χ3v) is 4.94. The van der Waals surface area contributed by atoms with E-state index in [-0.39, 0.29) is 5.91 Å². The molecule has 0 atom stereocenters. The molecule has 1 amide bonds. The number of halogens is 1. The summed E-state index contributed by atoms with van der Waals surface area (Å²) < 4.78 is 0. The standard InChI is InChI=1S/C24H19ClN2O/c1-2-16-10-12-17(13-11-16)23-15-21(20-8-3-4-9-22(20)27-23)24(28)26-19-7-5-6-18(25)14-19/h3-15H,2H2,1H3,(H,26,28). The van der Waals surface area contributed by atoms with Crippen LogP contribution < -0.4 is 5.32 Å². The minimum atomic E-state index is -0.188. The van der Waals surface area contributed by atoms with Gasteiger partial charge in [0.05, 0.1) is 16.8 Å². The molecule has 4 rings (SSSR count). The summed E-state index contributed by atoms with van der Waals surface area (Å²) in [4.78, 5) is 17.8. The van der Waals surface area contributed by atoms with Crippen LogP contribution in [0.3, 0.4) is 0 Å². The Balaban J connectivity index is 1.78. The van der Waals surface area contributed by atoms with Crippen LogP contribution in [0.5, 0.6) is 0 Å². The van der Waals surface area contributed by atoms with E-state index < -0.39 is 0 Å². The van der Waals surface area contributed by atoms with Gasteiger partial charge in [-0.05, 0) is 42.3 Å². The van der Waals surface area contributed by atoms with Gasteiger partial charge in [0.15, 0.2) is 0 Å². The van der Waals surface area contributed by atoms with Gasteiger partial charge < -0.3 is 5.32 Å². The van der Waals surface area contributed by atoms with E-state index in [9.17, 15) is 4.79 Å². The lowest BCUT2D eigenvalue weighted by atomic mass is 10.0. The number of carbonyl (C=O) groups is 1. The first-order valence-electron chi connectivity index (χ1n) is 9.20. The largest absolute Gasteiger partial charge is 0.322 e. The molecule has 0 aliphatic heterocycles. The first-order valence-corrected chi connectivity index (χ1v) is 9.58. The number of pyridine rings is 1. The number of nitrogens with one attached hydrogen (secondary N) is 1. The molecule has 1 N–H and O–H groups in total. The van der Waals surface area contributed by atoms with E-state index in [1.807, 2.05) is 42.5 Å². The Hall–Kier alpha value is -3.17. The van der Waals surface area contributed by atoms with E-state index in [0.29, 0.717) is 16.3 Å². The fourth-order valence-corrected chi connectivity index (χ4v) is 3.38. The third-order valence-electron chi connectivity index (χ3n) is 4.70. The fraction of sp³-hybridized carbons (Fsp3) is 0.0833. The van der Waals surface area contributed by atoms with Gasteiger partial charge in [-0.1, -0.05) is 67.1 Å². The maximum absolute atomic E-state index is 13.0. The molecule has 0 fully saturated rings. The minimum Gasteiger partial charge on any atom is -0.322 e. The summed E-state index contributed by atoms with van der Waals surface area (Å²) in [5.74, 6) is -0.188. The number of carbonyl (C=O) groups excluding carboxylic acids is 1. The molecule has 0 aliphatic carbocycles. The van der Waals surface area contributed by atoms with Crippen molar-refractivity contribution in [3.63, 3.8) is 0 Å². The molecule has 138 valence electrons. The SMILES string of the molecule is CCc1ccc(-c2cc(C(=O)Nc3cccc(Cl)c3)c3ccccc3n2)cc1. The third kappa shape index (κ3) is 3.75. The number of para-hydroxylation sites is 1. The molecule has 0 spiro atoms. The normalized spacial score (nSPS) is 10.8. The predicted molar refractivity (Wildman–Crippen MR) is 116 cm³/mol. The highest BCUT2D eigenvalue weighted by atomic mass is 35.5. The Morgan fingerprint density at radius 3 is 2.50 bits per heavy atom. The topological polar surface area (TPSA) is 42.0 Å². The Kier molecular flexibility index (Phi) is 5.09. The molecular weight excluding hydrogens is 368 g/mol. The monoisotopic (exact) mass is 386 g/mol. The van der Waals surface area contributed by atoms with Gasteiger partial charge >= 0.3 is 0 Å². The number of hydrogen-bond donors (Lipinski definition) is 1. The van der Waals surface area contributed by atoms with E-state index in [2.05, 4.69) is 36.5 Å². The van der Waals surface area contributed by atoms with Crippen LogP contribution in [-0.4, -0.2) is 10.9 Å². The van der Waals surface area contributed by atoms with Crippen molar-refractivity contribution in [1.82, 2.24) is 4.98 Å². The Morgan fingerprint density at radius 1 is 0.964 bits per heavy atom. The number of amides is 1. The zero-order valence-electron chi connectivity index (χ0n) is 15.4. The van der Waals surface area contributed by atoms with Gasteiger partial charge in [0.25, 0.3) is 5.91 Å². The van der Waals surface area contributed by atoms with Crippen LogP contribution in [0.1, 0.15) is 22.8 Å². The number of nitrogens with zero attached hydrogens (tertiary/aromatic N) is 1. The van der Waals surface area contributed by atoms with Crippen LogP contribution in [0.2, 0.25) is 5.02 Å². The number of anilines is 1. The first kappa shape index (κ1) is 18.2. The maximum atomic E-state index is 13.0. The van der Waals surface area contributed by atoms with Crippen molar-refractivity contribution in [1.29, 1.82) is 0 Å². The van der Waals surface area contributed by atoms with Crippen molar-refractivity contribution in [3.8, 4) is 11.3 Å². The molecule has 0 aliphatic rings. The van der Waals surface area contributed by atoms with E-state index in [0.717, 1.165) is 28.6 Å². The number of benzene rings is 3. The zero-order valence-corrected chi connectivity index (χ0v) is 16.2. The molecule has 3 nitrogen and oxygen atoms in total. The van der Waals surface area contributed by atoms with Crippen LogP contribution in [-0.2, 0) is 6.42 Å². The summed E-state index contributed by atoms with van der Waals surface area (Å²) in [6.45, 7) is 2.13. The van der Waals surface area contributed by atoms with Crippen LogP contribution in [0.4, 0.5) is 5.69 Å². The number of rotatable bonds is 4. The Labute approximate surface area is 169 Å². The lowest BCUT2D eigenvalue weighted by Gasteiger charge is -2.11. The molecule has 0 saturated carbocycles. The average molecular weight is 387 g/mol. The van der Waals surface area contributed by atoms with E-state index in [4.69, 9.17) is 16.6 Å². The van der Waals surface area contributed by atoms with Crippen LogP contribution in [0.15, 0.2) is 78.9 Å². The summed E-state index contributed by atoms with van der Waals surface area (Å²) in [6, 6.07) is 25.0. The maximum Gasteiger partial charge on any atom is 0.256 e. The fourth-order valence-electron chi connectivity index (χ4n) is 3.19. The van der Waals surface area contributed by atoms with Crippen LogP contribution >= 0.6 is 11.6 Å². The smallest absolute Gasteiger partial charge is 0.256 e. The van der Waals surface area contributed by atoms with Crippen molar-refractivity contribution in [3.05, 3.63) is 95.0 Å². The van der Waals surface area contributed by atoms with Gasteiger partial charge in [-0.2, -0.15) is 0 Å². The van der Waals surface area contributed by atoms with Crippen LogP contribution in [0, 0.1) is 0 Å². The molecule has 28 heavy (non-hydrogen) atoms. The van der Waals surface area contributed by atoms with E-state index >= 15 is 0 Å². The minimum absolute atomic E-state index is 0.188. The molecule has 0 saturated heterocycles. The highest BCUT2D eigenvalue weighted by Gasteiger charge is 2.14. The second kappa shape index (κ2) is 7.83. The van der Waals surface area contributed by atoms with E-state index in [1.165, 1.54) is 5.56 Å². The second-order valence-electron chi connectivity index (χ2n) is 6.59. The molecular formula is C24H19ClN2O. The van der Waals surface area contributed by atoms with Crippen molar-refractivity contribution in [2.45, 2.75) is 13.3 Å². The zero-order chi connectivity index (χ0) is 19.5. The quantitative estimate of drug-likeness (QED) is 0.442. The first-order chi connectivity index (χ1) is 13.6. The summed E-state index contributed by atoms with van der Waals surface area (Å²) in [5, 5.41) is 4.33. The molecule has 0 radical (unpaired) electrons. The van der Waals surface area contributed by atoms with E-state index in [1.54, 1.807) is 12.1 Å². The molecule has 1 heterocycles. The second-order valence-corrected chi connectivity index (χ2v) is 7.02. The highest BCUT2D eigenvalue weighted by Crippen LogP contribution is 2.26. The van der Waals surface area contributed by atoms with Gasteiger partial charge in [0, 0.05) is 21.7 Å². The summed E-state index contributed by atoms with van der Waals surface area (Å²) in [7, 11) is 0. The van der Waals surface area contributed by atoms with Crippen molar-refractivity contribution >= 4 is 34.1 Å². The lowest BCUT2D eigenvalue weighted by Crippen LogP contribution is -2.13. The van der Waals surface area contributed by atoms with Gasteiger partial charge in [-0.3, -0.25) is 4.79 Å². The number of fused-ring (bicyclic) bond motifs is 1. The van der Waals surface area contributed by atoms with Gasteiger partial charge in [0.1, 0.15) is 0 Å². The van der Waals surface area contributed by atoms with Crippen LogP contribution in [0.25, 0.3) is 22.2 Å². The summed E-state index contributed by atoms with van der Waals surface area (Å²) in [5.41, 5.74) is 5.06. The summed E-state index contributed by atoms with van der Waals surface area (Å²) in [6.07, 6.45) is 0.985. The van der Waals surface area contributed by atoms with Crippen molar-refractivity contribution in [2.75, 3.05) is 5.32 Å². The number of aromatic nitrogens is 1. The molecule has 3 aromatic carbocycles. The molecule has 4 aromatic rings. The van der Waals surface area contributed by atoms with Gasteiger partial charge in [0.2, 0.25) is 0 Å². The van der Waals surface area contributed by atoms with Crippen molar-refractivity contribution in [2.24, 2.45) is 0 Å². The van der Waals surface area contributed by atoms with Crippen molar-refractivity contribution < 1.29 is 4.79 Å². The molecule has 0 bridgehead atoms. The molecule has 4 heteroatoms. The molecule has 1 aromatic heterocycles. The summed E-state index contributed by atoms with van der Waals surface area (Å²) >= 11 is 6.04.